The fourth-order valence-corrected chi connectivity index (χ4v) is 1.88. The minimum atomic E-state index is -0.0254. The summed E-state index contributed by atoms with van der Waals surface area (Å²) in [5, 5.41) is 0. The molecule has 0 aliphatic rings. The first kappa shape index (κ1) is 16.5. The van der Waals surface area contributed by atoms with Crippen LogP contribution in [-0.2, 0) is 9.53 Å². The van der Waals surface area contributed by atoms with Crippen LogP contribution < -0.4 is 0 Å². The number of carbonyl (C=O) groups excluding carboxylic acids is 1. The van der Waals surface area contributed by atoms with Crippen molar-refractivity contribution in [2.24, 2.45) is 17.8 Å². The zero-order valence-corrected chi connectivity index (χ0v) is 12.3. The van der Waals surface area contributed by atoms with Gasteiger partial charge in [-0.2, -0.15) is 0 Å². The number of hydrogen-bond acceptors (Lipinski definition) is 2. The maximum absolute atomic E-state index is 11.6. The fourth-order valence-electron chi connectivity index (χ4n) is 1.88. The Bertz CT molecular complexity index is 199. The number of rotatable bonds is 9. The lowest BCUT2D eigenvalue weighted by atomic mass is 10.0. The first-order valence-corrected chi connectivity index (χ1v) is 7.14. The molecule has 2 unspecified atom stereocenters. The van der Waals surface area contributed by atoms with Gasteiger partial charge in [-0.3, -0.25) is 4.79 Å². The molecule has 17 heavy (non-hydrogen) atoms. The Kier molecular flexibility index (Phi) is 9.20. The van der Waals surface area contributed by atoms with E-state index in [-0.39, 0.29) is 11.9 Å². The molecule has 0 aromatic rings. The molecule has 2 atom stereocenters. The van der Waals surface area contributed by atoms with E-state index in [0.29, 0.717) is 12.5 Å². The molecule has 102 valence electrons. The Morgan fingerprint density at radius 2 is 1.71 bits per heavy atom. The van der Waals surface area contributed by atoms with Crippen LogP contribution in [0.4, 0.5) is 0 Å². The molecule has 2 nitrogen and oxygen atoms in total. The maximum Gasteiger partial charge on any atom is 0.308 e. The van der Waals surface area contributed by atoms with Crippen molar-refractivity contribution in [2.75, 3.05) is 6.61 Å². The highest BCUT2D eigenvalue weighted by molar-refractivity contribution is 5.71. The molecule has 0 aromatic heterocycles. The summed E-state index contributed by atoms with van der Waals surface area (Å²) in [6.45, 7) is 11.3. The number of ether oxygens (including phenoxy) is 1. The second-order valence-corrected chi connectivity index (χ2v) is 5.75. The Labute approximate surface area is 107 Å². The molecule has 0 heterocycles. The van der Waals surface area contributed by atoms with Crippen LogP contribution in [0.1, 0.15) is 66.7 Å². The lowest BCUT2D eigenvalue weighted by molar-refractivity contribution is -0.149. The Balaban J connectivity index is 3.61. The van der Waals surface area contributed by atoms with E-state index in [2.05, 4.69) is 27.7 Å². The van der Waals surface area contributed by atoms with Gasteiger partial charge in [0.05, 0.1) is 12.5 Å². The summed E-state index contributed by atoms with van der Waals surface area (Å²) < 4.78 is 5.34. The zero-order chi connectivity index (χ0) is 13.3. The Morgan fingerprint density at radius 3 is 2.24 bits per heavy atom. The molecule has 0 radical (unpaired) electrons. The van der Waals surface area contributed by atoms with Crippen LogP contribution in [0.15, 0.2) is 0 Å². The van der Waals surface area contributed by atoms with E-state index >= 15 is 0 Å². The van der Waals surface area contributed by atoms with Crippen molar-refractivity contribution in [3.8, 4) is 0 Å². The van der Waals surface area contributed by atoms with Gasteiger partial charge in [0.2, 0.25) is 0 Å². The summed E-state index contributed by atoms with van der Waals surface area (Å²) in [6, 6.07) is 0. The highest BCUT2D eigenvalue weighted by Crippen LogP contribution is 2.14. The van der Waals surface area contributed by atoms with E-state index in [9.17, 15) is 4.79 Å². The molecule has 0 saturated carbocycles. The van der Waals surface area contributed by atoms with Crippen LogP contribution in [0.25, 0.3) is 0 Å². The molecule has 0 rings (SSSR count). The van der Waals surface area contributed by atoms with Crippen molar-refractivity contribution < 1.29 is 9.53 Å². The summed E-state index contributed by atoms with van der Waals surface area (Å²) >= 11 is 0. The average Bonchev–Trinajstić information content (AvgIpc) is 2.25. The smallest absolute Gasteiger partial charge is 0.308 e. The maximum atomic E-state index is 11.6. The van der Waals surface area contributed by atoms with E-state index in [1.54, 1.807) is 0 Å². The van der Waals surface area contributed by atoms with E-state index in [1.807, 2.05) is 6.92 Å². The third-order valence-electron chi connectivity index (χ3n) is 3.11. The molecule has 0 fully saturated rings. The van der Waals surface area contributed by atoms with E-state index in [4.69, 9.17) is 4.74 Å². The van der Waals surface area contributed by atoms with Crippen LogP contribution in [0, 0.1) is 17.8 Å². The molecule has 0 spiro atoms. The first-order chi connectivity index (χ1) is 7.97. The molecule has 2 heteroatoms. The highest BCUT2D eigenvalue weighted by Gasteiger charge is 2.14. The van der Waals surface area contributed by atoms with Crippen LogP contribution in [0.2, 0.25) is 0 Å². The number of esters is 1. The van der Waals surface area contributed by atoms with Gasteiger partial charge < -0.3 is 4.74 Å². The van der Waals surface area contributed by atoms with Gasteiger partial charge in [0, 0.05) is 0 Å². The van der Waals surface area contributed by atoms with Crippen molar-refractivity contribution in [1.29, 1.82) is 0 Å². The van der Waals surface area contributed by atoms with Crippen LogP contribution >= 0.6 is 0 Å². The van der Waals surface area contributed by atoms with Gasteiger partial charge >= 0.3 is 5.97 Å². The largest absolute Gasteiger partial charge is 0.465 e. The average molecular weight is 242 g/mol. The Morgan fingerprint density at radius 1 is 1.06 bits per heavy atom. The number of hydrogen-bond donors (Lipinski definition) is 0. The van der Waals surface area contributed by atoms with Gasteiger partial charge in [0.1, 0.15) is 0 Å². The van der Waals surface area contributed by atoms with Crippen LogP contribution in [-0.4, -0.2) is 12.6 Å². The first-order valence-electron chi connectivity index (χ1n) is 7.14. The van der Waals surface area contributed by atoms with Gasteiger partial charge in [-0.05, 0) is 24.7 Å². The van der Waals surface area contributed by atoms with Crippen LogP contribution in [0.3, 0.4) is 0 Å². The topological polar surface area (TPSA) is 26.3 Å². The van der Waals surface area contributed by atoms with Crippen molar-refractivity contribution in [1.82, 2.24) is 0 Å². The van der Waals surface area contributed by atoms with Gasteiger partial charge in [0.25, 0.3) is 0 Å². The molecular formula is C15H30O2. The van der Waals surface area contributed by atoms with Gasteiger partial charge in [0.15, 0.2) is 0 Å². The molecule has 0 bridgehead atoms. The fraction of sp³-hybridized carbons (Fsp3) is 0.933. The molecular weight excluding hydrogens is 212 g/mol. The predicted octanol–water partition coefficient (Wildman–Crippen LogP) is 4.43. The predicted molar refractivity (Wildman–Crippen MR) is 72.9 cm³/mol. The van der Waals surface area contributed by atoms with Crippen molar-refractivity contribution in [2.45, 2.75) is 66.7 Å². The Hall–Kier alpha value is -0.530. The summed E-state index contributed by atoms with van der Waals surface area (Å²) in [5.74, 6) is 1.30. The molecule has 0 amide bonds. The molecule has 0 aromatic carbocycles. The van der Waals surface area contributed by atoms with Crippen molar-refractivity contribution in [3.05, 3.63) is 0 Å². The minimum absolute atomic E-state index is 0.0254. The summed E-state index contributed by atoms with van der Waals surface area (Å²) in [5.41, 5.74) is 0. The molecule has 0 saturated heterocycles. The number of carbonyl (C=O) groups is 1. The zero-order valence-electron chi connectivity index (χ0n) is 12.3. The summed E-state index contributed by atoms with van der Waals surface area (Å²) in [6.07, 6.45) is 5.64. The second-order valence-electron chi connectivity index (χ2n) is 5.75. The molecule has 0 N–H and O–H groups in total. The van der Waals surface area contributed by atoms with Crippen molar-refractivity contribution >= 4 is 5.97 Å². The minimum Gasteiger partial charge on any atom is -0.465 e. The lowest BCUT2D eigenvalue weighted by Crippen LogP contribution is -2.18. The van der Waals surface area contributed by atoms with Gasteiger partial charge in [-0.25, -0.2) is 0 Å². The van der Waals surface area contributed by atoms with Crippen LogP contribution in [0.5, 0.6) is 0 Å². The lowest BCUT2D eigenvalue weighted by Gasteiger charge is -2.15. The normalized spacial score (nSPS) is 14.7. The summed E-state index contributed by atoms with van der Waals surface area (Å²) in [7, 11) is 0. The quantitative estimate of drug-likeness (QED) is 0.559. The third-order valence-corrected chi connectivity index (χ3v) is 3.11. The van der Waals surface area contributed by atoms with Crippen molar-refractivity contribution in [3.63, 3.8) is 0 Å². The molecule has 0 aliphatic carbocycles. The standard InChI is InChI=1S/C15H30O2/c1-6-8-14(5)15(16)17-11-13(4)10-7-9-12(2)3/h12-14H,6-11H2,1-5H3. The SMILES string of the molecule is CCCC(C)C(=O)OCC(C)CCCC(C)C. The van der Waals surface area contributed by atoms with E-state index in [1.165, 1.54) is 12.8 Å². The molecule has 0 aliphatic heterocycles. The van der Waals surface area contributed by atoms with Gasteiger partial charge in [-0.15, -0.1) is 0 Å². The second kappa shape index (κ2) is 9.49. The van der Waals surface area contributed by atoms with Gasteiger partial charge in [-0.1, -0.05) is 53.9 Å². The van der Waals surface area contributed by atoms with E-state index in [0.717, 1.165) is 25.2 Å². The van der Waals surface area contributed by atoms with E-state index < -0.39 is 0 Å². The monoisotopic (exact) mass is 242 g/mol. The summed E-state index contributed by atoms with van der Waals surface area (Å²) in [4.78, 5) is 11.6. The third kappa shape index (κ3) is 9.20. The highest BCUT2D eigenvalue weighted by atomic mass is 16.5.